The third kappa shape index (κ3) is 8.79. The number of halogens is 1. The molecule has 1 aromatic heterocycles. The molecule has 0 saturated heterocycles. The first-order valence-corrected chi connectivity index (χ1v) is 14.7. The molecule has 3 rings (SSSR count). The molecule has 0 amide bonds. The van der Waals surface area contributed by atoms with E-state index in [-0.39, 0.29) is 6.10 Å². The van der Waals surface area contributed by atoms with Gasteiger partial charge in [-0.05, 0) is 99.4 Å². The van der Waals surface area contributed by atoms with Gasteiger partial charge in [-0.3, -0.25) is 4.68 Å². The van der Waals surface area contributed by atoms with Crippen LogP contribution in [0, 0.1) is 5.92 Å². The van der Waals surface area contributed by atoms with Crippen LogP contribution in [0.5, 0.6) is 17.2 Å². The number of ether oxygens (including phenoxy) is 2. The molecular weight excluding hydrogens is 506 g/mol. The van der Waals surface area contributed by atoms with Crippen molar-refractivity contribution in [3.05, 3.63) is 77.1 Å². The average molecular weight is 552 g/mol. The molecule has 3 unspecified atom stereocenters. The maximum Gasteiger partial charge on any atom is 0.146 e. The maximum atomic E-state index is 6.71. The van der Waals surface area contributed by atoms with Crippen LogP contribution in [0.25, 0.3) is 5.70 Å². The van der Waals surface area contributed by atoms with Gasteiger partial charge in [0.1, 0.15) is 17.2 Å². The second kappa shape index (κ2) is 14.5. The minimum atomic E-state index is 0.130. The molecule has 0 fully saturated rings. The lowest BCUT2D eigenvalue weighted by molar-refractivity contribution is 0.209. The third-order valence-corrected chi connectivity index (χ3v) is 7.52. The van der Waals surface area contributed by atoms with Gasteiger partial charge in [0.05, 0.1) is 16.8 Å². The van der Waals surface area contributed by atoms with Crippen molar-refractivity contribution in [2.24, 2.45) is 13.0 Å². The lowest BCUT2D eigenvalue weighted by Crippen LogP contribution is -2.20. The summed E-state index contributed by atoms with van der Waals surface area (Å²) in [7, 11) is 1.96. The minimum absolute atomic E-state index is 0.130. The highest BCUT2D eigenvalue weighted by Gasteiger charge is 2.17. The van der Waals surface area contributed by atoms with E-state index in [0.29, 0.717) is 22.6 Å². The van der Waals surface area contributed by atoms with Crippen LogP contribution in [0.1, 0.15) is 83.5 Å². The van der Waals surface area contributed by atoms with Crippen molar-refractivity contribution in [2.45, 2.75) is 79.2 Å². The normalized spacial score (nSPS) is 13.5. The van der Waals surface area contributed by atoms with Gasteiger partial charge in [0.25, 0.3) is 0 Å². The van der Waals surface area contributed by atoms with E-state index in [1.54, 1.807) is 0 Å². The molecule has 0 saturated carbocycles. The highest BCUT2D eigenvalue weighted by atomic mass is 35.5. The van der Waals surface area contributed by atoms with Crippen molar-refractivity contribution in [1.82, 2.24) is 14.7 Å². The Hall–Kier alpha value is -2.92. The van der Waals surface area contributed by atoms with E-state index in [9.17, 15) is 0 Å². The summed E-state index contributed by atoms with van der Waals surface area (Å²) in [6.45, 7) is 19.2. The van der Waals surface area contributed by atoms with E-state index >= 15 is 0 Å². The molecule has 0 aliphatic rings. The molecule has 0 radical (unpaired) electrons. The van der Waals surface area contributed by atoms with Gasteiger partial charge in [0.2, 0.25) is 0 Å². The lowest BCUT2D eigenvalue weighted by Gasteiger charge is -2.24. The summed E-state index contributed by atoms with van der Waals surface area (Å²) < 4.78 is 14.5. The van der Waals surface area contributed by atoms with E-state index in [0.717, 1.165) is 67.2 Å². The van der Waals surface area contributed by atoms with E-state index < -0.39 is 0 Å². The third-order valence-electron chi connectivity index (χ3n) is 7.22. The minimum Gasteiger partial charge on any atom is -0.491 e. The number of benzene rings is 2. The van der Waals surface area contributed by atoms with Gasteiger partial charge in [-0.25, -0.2) is 0 Å². The predicted molar refractivity (Wildman–Crippen MR) is 164 cm³/mol. The van der Waals surface area contributed by atoms with Gasteiger partial charge in [-0.2, -0.15) is 5.10 Å². The van der Waals surface area contributed by atoms with Crippen molar-refractivity contribution in [2.75, 3.05) is 13.1 Å². The molecule has 39 heavy (non-hydrogen) atoms. The van der Waals surface area contributed by atoms with Crippen LogP contribution in [0.3, 0.4) is 0 Å². The molecule has 1 heterocycles. The largest absolute Gasteiger partial charge is 0.491 e. The van der Waals surface area contributed by atoms with E-state index in [4.69, 9.17) is 21.1 Å². The van der Waals surface area contributed by atoms with Crippen LogP contribution in [0.2, 0.25) is 5.02 Å². The van der Waals surface area contributed by atoms with Gasteiger partial charge < -0.3 is 14.4 Å². The Morgan fingerprint density at radius 1 is 1.03 bits per heavy atom. The summed E-state index contributed by atoms with van der Waals surface area (Å²) in [5.74, 6) is 2.99. The molecule has 0 N–H and O–H groups in total. The van der Waals surface area contributed by atoms with Gasteiger partial charge >= 0.3 is 0 Å². The zero-order valence-electron chi connectivity index (χ0n) is 24.8. The van der Waals surface area contributed by atoms with E-state index in [2.05, 4.69) is 76.3 Å². The Kier molecular flexibility index (Phi) is 11.4. The first kappa shape index (κ1) is 30.6. The number of aryl methyl sites for hydroxylation is 1. The van der Waals surface area contributed by atoms with Crippen molar-refractivity contribution in [1.29, 1.82) is 0 Å². The molecule has 0 spiro atoms. The topological polar surface area (TPSA) is 39.5 Å². The number of hydrogen-bond donors (Lipinski definition) is 0. The summed E-state index contributed by atoms with van der Waals surface area (Å²) in [4.78, 5) is 2.22. The molecular formula is C33H46ClN3O2. The molecule has 212 valence electrons. The first-order chi connectivity index (χ1) is 18.6. The summed E-state index contributed by atoms with van der Waals surface area (Å²) in [6.07, 6.45) is 6.20. The Morgan fingerprint density at radius 2 is 1.74 bits per heavy atom. The van der Waals surface area contributed by atoms with Crippen molar-refractivity contribution >= 4 is 17.3 Å². The van der Waals surface area contributed by atoms with Crippen LogP contribution in [0.15, 0.2) is 55.2 Å². The molecule has 3 atom stereocenters. The number of hydrogen-bond acceptors (Lipinski definition) is 4. The fourth-order valence-corrected chi connectivity index (χ4v) is 5.35. The van der Waals surface area contributed by atoms with Crippen molar-refractivity contribution in [3.63, 3.8) is 0 Å². The van der Waals surface area contributed by atoms with Crippen LogP contribution in [-0.4, -0.2) is 33.9 Å². The maximum absolute atomic E-state index is 6.71. The fourth-order valence-electron chi connectivity index (χ4n) is 5.13. The Bertz CT molecular complexity index is 1220. The second-order valence-corrected chi connectivity index (χ2v) is 11.2. The fraction of sp³-hybridized carbons (Fsp3) is 0.485. The Balaban J connectivity index is 1.83. The van der Waals surface area contributed by atoms with Gasteiger partial charge in [0, 0.05) is 38.1 Å². The van der Waals surface area contributed by atoms with Gasteiger partial charge in [0.15, 0.2) is 0 Å². The van der Waals surface area contributed by atoms with Gasteiger partial charge in [-0.15, -0.1) is 0 Å². The van der Waals surface area contributed by atoms with E-state index in [1.807, 2.05) is 42.2 Å². The number of aromatic nitrogens is 2. The Labute approximate surface area is 240 Å². The monoisotopic (exact) mass is 551 g/mol. The molecule has 3 aromatic rings. The molecule has 5 nitrogen and oxygen atoms in total. The zero-order valence-corrected chi connectivity index (χ0v) is 25.6. The zero-order chi connectivity index (χ0) is 28.5. The summed E-state index contributed by atoms with van der Waals surface area (Å²) in [5.41, 5.74) is 4.29. The van der Waals surface area contributed by atoms with Crippen LogP contribution < -0.4 is 9.47 Å². The highest BCUT2D eigenvalue weighted by molar-refractivity contribution is 6.32. The van der Waals surface area contributed by atoms with Crippen molar-refractivity contribution in [3.8, 4) is 17.2 Å². The van der Waals surface area contributed by atoms with Crippen molar-refractivity contribution < 1.29 is 9.47 Å². The summed E-state index contributed by atoms with van der Waals surface area (Å²) in [5, 5.41) is 5.12. The quantitative estimate of drug-likeness (QED) is 0.189. The molecule has 2 aromatic carbocycles. The van der Waals surface area contributed by atoms with Crippen LogP contribution in [0.4, 0.5) is 0 Å². The predicted octanol–water partition coefficient (Wildman–Crippen LogP) is 9.12. The average Bonchev–Trinajstić information content (AvgIpc) is 3.29. The number of rotatable bonds is 15. The lowest BCUT2D eigenvalue weighted by atomic mass is 9.88. The molecule has 0 aliphatic heterocycles. The van der Waals surface area contributed by atoms with Crippen LogP contribution in [-0.2, 0) is 13.5 Å². The summed E-state index contributed by atoms with van der Waals surface area (Å²) in [6, 6.07) is 14.2. The second-order valence-electron chi connectivity index (χ2n) is 10.7. The Morgan fingerprint density at radius 3 is 2.36 bits per heavy atom. The smallest absolute Gasteiger partial charge is 0.146 e. The van der Waals surface area contributed by atoms with Crippen LogP contribution >= 0.6 is 11.6 Å². The summed E-state index contributed by atoms with van der Waals surface area (Å²) >= 11 is 6.71. The first-order valence-electron chi connectivity index (χ1n) is 14.3. The molecule has 0 bridgehead atoms. The highest BCUT2D eigenvalue weighted by Crippen LogP contribution is 2.37. The molecule has 0 aliphatic carbocycles. The van der Waals surface area contributed by atoms with Gasteiger partial charge in [-0.1, -0.05) is 45.4 Å². The SMILES string of the molecule is C=C(c1ccc(Oc2cc(OC(C)CCC)cc(C(C)CC(C)Cc3ccn(C)n3)c2)c(Cl)c1)N(CC)CC. The standard InChI is InChI=1S/C33H46ClN3O2/c1-9-12-25(6)38-30-19-28(24(5)17-23(4)18-29-15-16-36(8)35-29)20-31(22-30)39-33-14-13-27(21-32(33)34)26(7)37(10-2)11-3/h13-16,19-25H,7,9-12,17-18H2,1-6,8H3. The van der Waals surface area contributed by atoms with E-state index in [1.165, 1.54) is 5.56 Å². The molecule has 6 heteroatoms. The number of nitrogens with zero attached hydrogens (tertiary/aromatic N) is 3.